The van der Waals surface area contributed by atoms with Crippen molar-refractivity contribution in [3.8, 4) is 0 Å². The maximum absolute atomic E-state index is 6.12. The van der Waals surface area contributed by atoms with Crippen LogP contribution in [-0.4, -0.2) is 0 Å². The van der Waals surface area contributed by atoms with E-state index >= 15 is 0 Å². The lowest BCUT2D eigenvalue weighted by atomic mass is 10.1. The minimum absolute atomic E-state index is 0.156. The Kier molecular flexibility index (Phi) is 4.34. The highest BCUT2D eigenvalue weighted by atomic mass is 35.5. The smallest absolute Gasteiger partial charge is 0.0954 e. The maximum Gasteiger partial charge on any atom is 0.0954 e. The molecule has 3 rings (SSSR count). The van der Waals surface area contributed by atoms with Gasteiger partial charge in [-0.05, 0) is 54.6 Å². The summed E-state index contributed by atoms with van der Waals surface area (Å²) in [5.74, 6) is 0. The van der Waals surface area contributed by atoms with Crippen molar-refractivity contribution in [2.75, 3.05) is 5.32 Å². The molecule has 0 spiro atoms. The van der Waals surface area contributed by atoms with Crippen LogP contribution in [-0.2, 0) is 0 Å². The molecule has 4 heteroatoms. The average Bonchev–Trinajstić information content (AvgIpc) is 3.11. The molecular weight excluding hydrogens is 318 g/mol. The number of hydrogen-bond acceptors (Lipinski definition) is 3. The van der Waals surface area contributed by atoms with E-state index in [2.05, 4.69) is 60.9 Å². The molecule has 1 nitrogen and oxygen atoms in total. The van der Waals surface area contributed by atoms with Crippen LogP contribution in [0.2, 0.25) is 4.34 Å². The number of rotatable bonds is 4. The van der Waals surface area contributed by atoms with Gasteiger partial charge in [0.25, 0.3) is 0 Å². The summed E-state index contributed by atoms with van der Waals surface area (Å²) < 4.78 is 0.828. The zero-order valence-corrected chi connectivity index (χ0v) is 14.3. The molecule has 21 heavy (non-hydrogen) atoms. The lowest BCUT2D eigenvalue weighted by Crippen LogP contribution is -2.10. The van der Waals surface area contributed by atoms with Gasteiger partial charge in [-0.3, -0.25) is 0 Å². The fraction of sp³-hybridized carbons (Fsp3) is 0.176. The first-order valence-corrected chi connectivity index (χ1v) is 8.83. The number of thiophene rings is 2. The van der Waals surface area contributed by atoms with Crippen LogP contribution in [0.25, 0.3) is 0 Å². The van der Waals surface area contributed by atoms with Gasteiger partial charge in [0, 0.05) is 15.4 Å². The first-order chi connectivity index (χ1) is 10.1. The standard InChI is InChI=1S/C17H16ClNS2/c1-11-5-6-12(2)13(10-11)19-17(14-4-3-9-20-14)15-7-8-16(18)21-15/h3-10,17,19H,1-2H3. The molecule has 0 saturated heterocycles. The molecule has 1 unspecified atom stereocenters. The zero-order valence-electron chi connectivity index (χ0n) is 11.9. The van der Waals surface area contributed by atoms with Crippen LogP contribution in [0.3, 0.4) is 0 Å². The van der Waals surface area contributed by atoms with Crippen molar-refractivity contribution in [3.63, 3.8) is 0 Å². The van der Waals surface area contributed by atoms with Crippen molar-refractivity contribution >= 4 is 40.0 Å². The topological polar surface area (TPSA) is 12.0 Å². The molecule has 0 amide bonds. The Morgan fingerprint density at radius 2 is 1.90 bits per heavy atom. The Bertz CT molecular complexity index is 731. The molecule has 0 saturated carbocycles. The Morgan fingerprint density at radius 1 is 1.05 bits per heavy atom. The largest absolute Gasteiger partial charge is 0.373 e. The van der Waals surface area contributed by atoms with Gasteiger partial charge in [-0.2, -0.15) is 0 Å². The van der Waals surface area contributed by atoms with Gasteiger partial charge in [-0.1, -0.05) is 29.8 Å². The summed E-state index contributed by atoms with van der Waals surface area (Å²) in [4.78, 5) is 2.54. The van der Waals surface area contributed by atoms with Gasteiger partial charge in [0.05, 0.1) is 10.4 Å². The second-order valence-corrected chi connectivity index (χ2v) is 7.78. The molecular formula is C17H16ClNS2. The molecule has 0 aliphatic heterocycles. The van der Waals surface area contributed by atoms with Crippen LogP contribution in [0.15, 0.2) is 47.8 Å². The van der Waals surface area contributed by atoms with Gasteiger partial charge in [0.15, 0.2) is 0 Å². The van der Waals surface area contributed by atoms with Crippen molar-refractivity contribution in [1.82, 2.24) is 0 Å². The highest BCUT2D eigenvalue weighted by molar-refractivity contribution is 7.16. The number of nitrogens with one attached hydrogen (secondary N) is 1. The van der Waals surface area contributed by atoms with Gasteiger partial charge in [-0.25, -0.2) is 0 Å². The third-order valence-electron chi connectivity index (χ3n) is 3.40. The molecule has 2 aromatic heterocycles. The summed E-state index contributed by atoms with van der Waals surface area (Å²) >= 11 is 9.52. The quantitative estimate of drug-likeness (QED) is 0.592. The van der Waals surface area contributed by atoms with E-state index in [0.717, 1.165) is 4.34 Å². The molecule has 2 heterocycles. The minimum Gasteiger partial charge on any atom is -0.373 e. The van der Waals surface area contributed by atoms with E-state index in [4.69, 9.17) is 11.6 Å². The molecule has 1 atom stereocenters. The van der Waals surface area contributed by atoms with Gasteiger partial charge >= 0.3 is 0 Å². The van der Waals surface area contributed by atoms with Crippen molar-refractivity contribution in [2.45, 2.75) is 19.9 Å². The van der Waals surface area contributed by atoms with Gasteiger partial charge in [0.1, 0.15) is 0 Å². The van der Waals surface area contributed by atoms with Crippen LogP contribution in [0.1, 0.15) is 26.9 Å². The summed E-state index contributed by atoms with van der Waals surface area (Å²) in [5.41, 5.74) is 3.69. The highest BCUT2D eigenvalue weighted by Gasteiger charge is 2.18. The Labute approximate surface area is 138 Å². The Balaban J connectivity index is 1.98. The summed E-state index contributed by atoms with van der Waals surface area (Å²) in [5, 5.41) is 5.80. The number of halogens is 1. The van der Waals surface area contributed by atoms with Crippen molar-refractivity contribution in [1.29, 1.82) is 0 Å². The third kappa shape index (κ3) is 3.31. The minimum atomic E-state index is 0.156. The third-order valence-corrected chi connectivity index (χ3v) is 5.63. The second-order valence-electron chi connectivity index (χ2n) is 5.05. The fourth-order valence-electron chi connectivity index (χ4n) is 2.27. The number of hydrogen-bond donors (Lipinski definition) is 1. The van der Waals surface area contributed by atoms with Gasteiger partial charge < -0.3 is 5.32 Å². The van der Waals surface area contributed by atoms with Gasteiger partial charge in [0.2, 0.25) is 0 Å². The zero-order chi connectivity index (χ0) is 14.8. The van der Waals surface area contributed by atoms with Crippen molar-refractivity contribution in [2.24, 2.45) is 0 Å². The lowest BCUT2D eigenvalue weighted by molar-refractivity contribution is 0.988. The molecule has 0 radical (unpaired) electrons. The van der Waals surface area contributed by atoms with E-state index in [1.807, 2.05) is 6.07 Å². The number of benzene rings is 1. The lowest BCUT2D eigenvalue weighted by Gasteiger charge is -2.19. The van der Waals surface area contributed by atoms with Crippen LogP contribution in [0.4, 0.5) is 5.69 Å². The van der Waals surface area contributed by atoms with Crippen molar-refractivity contribution in [3.05, 3.63) is 73.1 Å². The average molecular weight is 334 g/mol. The monoisotopic (exact) mass is 333 g/mol. The van der Waals surface area contributed by atoms with Crippen molar-refractivity contribution < 1.29 is 0 Å². The summed E-state index contributed by atoms with van der Waals surface area (Å²) in [6.07, 6.45) is 0. The highest BCUT2D eigenvalue weighted by Crippen LogP contribution is 2.36. The predicted octanol–water partition coefficient (Wildman–Crippen LogP) is 6.28. The normalized spacial score (nSPS) is 12.3. The second kappa shape index (κ2) is 6.22. The van der Waals surface area contributed by atoms with E-state index in [0.29, 0.717) is 0 Å². The summed E-state index contributed by atoms with van der Waals surface area (Å²) in [7, 11) is 0. The van der Waals surface area contributed by atoms with Crippen LogP contribution < -0.4 is 5.32 Å². The van der Waals surface area contributed by atoms with E-state index in [9.17, 15) is 0 Å². The van der Waals surface area contributed by atoms with E-state index in [-0.39, 0.29) is 6.04 Å². The molecule has 3 aromatic rings. The fourth-order valence-corrected chi connectivity index (χ4v) is 4.27. The summed E-state index contributed by atoms with van der Waals surface area (Å²) in [6, 6.07) is 15.0. The first-order valence-electron chi connectivity index (χ1n) is 6.76. The Morgan fingerprint density at radius 3 is 2.57 bits per heavy atom. The number of aryl methyl sites for hydroxylation is 2. The maximum atomic E-state index is 6.12. The number of anilines is 1. The molecule has 0 bridgehead atoms. The molecule has 1 aromatic carbocycles. The van der Waals surface area contributed by atoms with E-state index < -0.39 is 0 Å². The van der Waals surface area contributed by atoms with Gasteiger partial charge in [-0.15, -0.1) is 22.7 Å². The molecule has 0 aliphatic carbocycles. The van der Waals surface area contributed by atoms with Crippen LogP contribution in [0.5, 0.6) is 0 Å². The van der Waals surface area contributed by atoms with E-state index in [1.165, 1.54) is 26.6 Å². The molecule has 1 N–H and O–H groups in total. The van der Waals surface area contributed by atoms with Crippen LogP contribution in [0, 0.1) is 13.8 Å². The summed E-state index contributed by atoms with van der Waals surface area (Å²) in [6.45, 7) is 4.25. The molecule has 0 fully saturated rings. The van der Waals surface area contributed by atoms with E-state index in [1.54, 1.807) is 22.7 Å². The molecule has 0 aliphatic rings. The first kappa shape index (κ1) is 14.6. The Hall–Kier alpha value is -1.29. The molecule has 108 valence electrons. The SMILES string of the molecule is Cc1ccc(C)c(NC(c2cccs2)c2ccc(Cl)s2)c1. The van der Waals surface area contributed by atoms with Crippen LogP contribution >= 0.6 is 34.3 Å². The predicted molar refractivity (Wildman–Crippen MR) is 95.0 cm³/mol.